The minimum atomic E-state index is -0.214. The highest BCUT2D eigenvalue weighted by Crippen LogP contribution is 2.41. The fourth-order valence-corrected chi connectivity index (χ4v) is 3.74. The standard InChI is InChI=1S/C17H28N6O/c1-17(2,3)23-14(24)8-12(9-19-16-18-6-7-21(16)4)15(23)13-10-20-22(5)11-13/h10-12,15H,6-9H2,1-5H3,(H,18,19)/t12-,15+/m0/s1. The highest BCUT2D eigenvalue weighted by atomic mass is 16.2. The van der Waals surface area contributed by atoms with E-state index in [0.29, 0.717) is 6.42 Å². The molecule has 132 valence electrons. The number of guanidine groups is 1. The van der Waals surface area contributed by atoms with E-state index >= 15 is 0 Å². The lowest BCUT2D eigenvalue weighted by Crippen LogP contribution is -2.45. The number of nitrogens with zero attached hydrogens (tertiary/aromatic N) is 5. The Balaban J connectivity index is 1.82. The van der Waals surface area contributed by atoms with Gasteiger partial charge in [-0.2, -0.15) is 5.10 Å². The van der Waals surface area contributed by atoms with Crippen LogP contribution in [0.1, 0.15) is 38.8 Å². The molecule has 1 N–H and O–H groups in total. The SMILES string of the molecule is CN1CCN=C1NC[C@@H]1CC(=O)N(C(C)(C)C)[C@H]1c1cnn(C)c1. The Hall–Kier alpha value is -2.05. The smallest absolute Gasteiger partial charge is 0.223 e. The summed E-state index contributed by atoms with van der Waals surface area (Å²) in [5.74, 6) is 1.35. The van der Waals surface area contributed by atoms with E-state index < -0.39 is 0 Å². The van der Waals surface area contributed by atoms with E-state index in [2.05, 4.69) is 41.1 Å². The summed E-state index contributed by atoms with van der Waals surface area (Å²) in [5, 5.41) is 7.76. The number of nitrogens with one attached hydrogen (secondary N) is 1. The van der Waals surface area contributed by atoms with E-state index in [1.807, 2.05) is 31.4 Å². The summed E-state index contributed by atoms with van der Waals surface area (Å²) in [6.07, 6.45) is 4.46. The molecule has 1 aromatic rings. The van der Waals surface area contributed by atoms with Gasteiger partial charge in [0.25, 0.3) is 0 Å². The van der Waals surface area contributed by atoms with Crippen molar-refractivity contribution in [3.8, 4) is 0 Å². The maximum atomic E-state index is 12.7. The number of aryl methyl sites for hydroxylation is 1. The number of likely N-dealkylation sites (N-methyl/N-ethyl adjacent to an activating group) is 1. The summed E-state index contributed by atoms with van der Waals surface area (Å²) in [7, 11) is 3.95. The first-order valence-corrected chi connectivity index (χ1v) is 8.57. The first-order chi connectivity index (χ1) is 11.3. The number of hydrogen-bond acceptors (Lipinski definition) is 5. The van der Waals surface area contributed by atoms with Crippen molar-refractivity contribution >= 4 is 11.9 Å². The Morgan fingerprint density at radius 1 is 1.33 bits per heavy atom. The van der Waals surface area contributed by atoms with Crippen LogP contribution >= 0.6 is 0 Å². The average Bonchev–Trinajstić information content (AvgIpc) is 3.15. The molecule has 0 unspecified atom stereocenters. The summed E-state index contributed by atoms with van der Waals surface area (Å²) in [6.45, 7) is 8.81. The molecule has 3 heterocycles. The second-order valence-electron chi connectivity index (χ2n) is 7.80. The van der Waals surface area contributed by atoms with Crippen molar-refractivity contribution in [2.75, 3.05) is 26.7 Å². The predicted molar refractivity (Wildman–Crippen MR) is 93.6 cm³/mol. The number of carbonyl (C=O) groups excluding carboxylic acids is 1. The van der Waals surface area contributed by atoms with Crippen LogP contribution in [0, 0.1) is 5.92 Å². The van der Waals surface area contributed by atoms with E-state index in [1.54, 1.807) is 4.68 Å². The molecule has 7 nitrogen and oxygen atoms in total. The van der Waals surface area contributed by atoms with E-state index in [-0.39, 0.29) is 23.4 Å². The highest BCUT2D eigenvalue weighted by molar-refractivity contribution is 5.82. The molecule has 2 atom stereocenters. The summed E-state index contributed by atoms with van der Waals surface area (Å²) < 4.78 is 1.80. The third-order valence-electron chi connectivity index (χ3n) is 4.80. The highest BCUT2D eigenvalue weighted by Gasteiger charge is 2.45. The van der Waals surface area contributed by atoms with Crippen LogP contribution in [0.2, 0.25) is 0 Å². The van der Waals surface area contributed by atoms with Gasteiger partial charge in [0.1, 0.15) is 0 Å². The zero-order valence-corrected chi connectivity index (χ0v) is 15.3. The van der Waals surface area contributed by atoms with Crippen molar-refractivity contribution in [2.45, 2.75) is 38.8 Å². The van der Waals surface area contributed by atoms with Crippen LogP contribution in [0.4, 0.5) is 0 Å². The molecule has 3 rings (SSSR count). The number of carbonyl (C=O) groups is 1. The number of hydrogen-bond donors (Lipinski definition) is 1. The number of aliphatic imine (C=N–C) groups is 1. The predicted octanol–water partition coefficient (Wildman–Crippen LogP) is 0.999. The molecule has 1 amide bonds. The van der Waals surface area contributed by atoms with Gasteiger partial charge in [-0.05, 0) is 20.8 Å². The zero-order valence-electron chi connectivity index (χ0n) is 15.3. The van der Waals surface area contributed by atoms with Crippen LogP contribution in [-0.2, 0) is 11.8 Å². The van der Waals surface area contributed by atoms with Crippen LogP contribution in [0.15, 0.2) is 17.4 Å². The fraction of sp³-hybridized carbons (Fsp3) is 0.706. The van der Waals surface area contributed by atoms with Gasteiger partial charge in [-0.25, -0.2) is 0 Å². The van der Waals surface area contributed by atoms with Gasteiger partial charge in [0.05, 0.1) is 18.8 Å². The molecule has 7 heteroatoms. The Morgan fingerprint density at radius 2 is 2.08 bits per heavy atom. The first-order valence-electron chi connectivity index (χ1n) is 8.57. The summed E-state index contributed by atoms with van der Waals surface area (Å²) >= 11 is 0. The molecule has 1 fully saturated rings. The molecule has 0 saturated carbocycles. The molecule has 0 spiro atoms. The van der Waals surface area contributed by atoms with Crippen LogP contribution in [-0.4, -0.2) is 63.7 Å². The Labute approximate surface area is 143 Å². The second kappa shape index (κ2) is 6.11. The second-order valence-corrected chi connectivity index (χ2v) is 7.80. The van der Waals surface area contributed by atoms with E-state index in [1.165, 1.54) is 0 Å². The summed E-state index contributed by atoms with van der Waals surface area (Å²) in [4.78, 5) is 21.3. The monoisotopic (exact) mass is 332 g/mol. The maximum absolute atomic E-state index is 12.7. The molecule has 1 saturated heterocycles. The number of rotatable bonds is 3. The average molecular weight is 332 g/mol. The minimum absolute atomic E-state index is 0.0472. The normalized spacial score (nSPS) is 24.7. The van der Waals surface area contributed by atoms with Gasteiger partial charge in [0.15, 0.2) is 5.96 Å². The zero-order chi connectivity index (χ0) is 17.5. The molecule has 24 heavy (non-hydrogen) atoms. The Bertz CT molecular complexity index is 644. The first kappa shape index (κ1) is 16.8. The van der Waals surface area contributed by atoms with Crippen molar-refractivity contribution in [2.24, 2.45) is 18.0 Å². The molecule has 2 aliphatic heterocycles. The van der Waals surface area contributed by atoms with Gasteiger partial charge in [0.2, 0.25) is 5.91 Å². The van der Waals surface area contributed by atoms with Gasteiger partial charge >= 0.3 is 0 Å². The molecule has 2 aliphatic rings. The Morgan fingerprint density at radius 3 is 2.62 bits per heavy atom. The molecule has 0 bridgehead atoms. The fourth-order valence-electron chi connectivity index (χ4n) is 3.74. The van der Waals surface area contributed by atoms with E-state index in [9.17, 15) is 4.79 Å². The van der Waals surface area contributed by atoms with Crippen molar-refractivity contribution in [1.29, 1.82) is 0 Å². The van der Waals surface area contributed by atoms with E-state index in [0.717, 1.165) is 31.2 Å². The minimum Gasteiger partial charge on any atom is -0.356 e. The van der Waals surface area contributed by atoms with Crippen molar-refractivity contribution < 1.29 is 4.79 Å². The van der Waals surface area contributed by atoms with E-state index in [4.69, 9.17) is 0 Å². The summed E-state index contributed by atoms with van der Waals surface area (Å²) in [6, 6.07) is 0.0472. The lowest BCUT2D eigenvalue weighted by molar-refractivity contribution is -0.133. The van der Waals surface area contributed by atoms with Crippen LogP contribution in [0.5, 0.6) is 0 Å². The lowest BCUT2D eigenvalue weighted by Gasteiger charge is -2.38. The quantitative estimate of drug-likeness (QED) is 0.897. The third-order valence-corrected chi connectivity index (χ3v) is 4.80. The number of likely N-dealkylation sites (tertiary alicyclic amines) is 1. The van der Waals surface area contributed by atoms with Crippen LogP contribution in [0.3, 0.4) is 0 Å². The molecule has 1 aromatic heterocycles. The third kappa shape index (κ3) is 3.12. The van der Waals surface area contributed by atoms with Gasteiger partial charge in [-0.3, -0.25) is 14.5 Å². The molecular formula is C17H28N6O. The molecule has 0 aliphatic carbocycles. The van der Waals surface area contributed by atoms with Gasteiger partial charge in [-0.1, -0.05) is 0 Å². The van der Waals surface area contributed by atoms with Gasteiger partial charge in [-0.15, -0.1) is 0 Å². The number of amides is 1. The molecule has 0 radical (unpaired) electrons. The van der Waals surface area contributed by atoms with Crippen LogP contribution < -0.4 is 5.32 Å². The number of aromatic nitrogens is 2. The van der Waals surface area contributed by atoms with Crippen molar-refractivity contribution in [3.63, 3.8) is 0 Å². The van der Waals surface area contributed by atoms with Crippen molar-refractivity contribution in [1.82, 2.24) is 24.9 Å². The topological polar surface area (TPSA) is 65.8 Å². The summed E-state index contributed by atoms with van der Waals surface area (Å²) in [5.41, 5.74) is 0.889. The molecular weight excluding hydrogens is 304 g/mol. The van der Waals surface area contributed by atoms with Gasteiger partial charge < -0.3 is 15.1 Å². The molecule has 0 aromatic carbocycles. The largest absolute Gasteiger partial charge is 0.356 e. The maximum Gasteiger partial charge on any atom is 0.223 e. The Kier molecular flexibility index (Phi) is 4.27. The van der Waals surface area contributed by atoms with Crippen LogP contribution in [0.25, 0.3) is 0 Å². The lowest BCUT2D eigenvalue weighted by atomic mass is 9.93. The van der Waals surface area contributed by atoms with Gasteiger partial charge in [0, 0.05) is 56.8 Å². The van der Waals surface area contributed by atoms with Crippen molar-refractivity contribution in [3.05, 3.63) is 18.0 Å².